The molecular weight excluding hydrogens is 156 g/mol. The van der Waals surface area contributed by atoms with Gasteiger partial charge in [0.05, 0.1) is 0 Å². The van der Waals surface area contributed by atoms with E-state index in [2.05, 4.69) is 4.90 Å². The molecule has 1 saturated heterocycles. The number of amides is 1. The molecule has 0 aliphatic carbocycles. The van der Waals surface area contributed by atoms with E-state index in [4.69, 9.17) is 5.11 Å². The third-order valence-electron chi connectivity index (χ3n) is 2.28. The van der Waals surface area contributed by atoms with Gasteiger partial charge in [0.15, 0.2) is 0 Å². The number of hydrogen-bond acceptors (Lipinski definition) is 2. The monoisotopic (exact) mass is 172 g/mol. The first kappa shape index (κ1) is 9.32. The lowest BCUT2D eigenvalue weighted by Crippen LogP contribution is -2.34. The lowest BCUT2D eigenvalue weighted by atomic mass is 10.4. The highest BCUT2D eigenvalue weighted by Gasteiger charge is 2.12. The van der Waals surface area contributed by atoms with Gasteiger partial charge in [-0.3, -0.25) is 0 Å². The van der Waals surface area contributed by atoms with Gasteiger partial charge in [0, 0.05) is 20.1 Å². The van der Waals surface area contributed by atoms with Crippen LogP contribution in [0.5, 0.6) is 0 Å². The molecule has 0 aromatic rings. The molecule has 1 aliphatic rings. The van der Waals surface area contributed by atoms with Crippen LogP contribution in [0.25, 0.3) is 0 Å². The minimum Gasteiger partial charge on any atom is -0.465 e. The quantitative estimate of drug-likeness (QED) is 0.681. The smallest absolute Gasteiger partial charge is 0.407 e. The molecule has 1 N–H and O–H groups in total. The van der Waals surface area contributed by atoms with Gasteiger partial charge in [-0.05, 0) is 25.9 Å². The summed E-state index contributed by atoms with van der Waals surface area (Å²) < 4.78 is 0. The predicted molar refractivity (Wildman–Crippen MR) is 46.3 cm³/mol. The van der Waals surface area contributed by atoms with Crippen molar-refractivity contribution in [1.29, 1.82) is 0 Å². The number of likely N-dealkylation sites (N-methyl/N-ethyl adjacent to an activating group) is 1. The minimum absolute atomic E-state index is 0.620. The second-order valence-electron chi connectivity index (χ2n) is 3.25. The van der Waals surface area contributed by atoms with Gasteiger partial charge >= 0.3 is 6.09 Å². The summed E-state index contributed by atoms with van der Waals surface area (Å²) in [6.45, 7) is 3.76. The van der Waals surface area contributed by atoms with Gasteiger partial charge < -0.3 is 14.9 Å². The first-order valence-electron chi connectivity index (χ1n) is 4.36. The maximum absolute atomic E-state index is 10.4. The molecule has 1 fully saturated rings. The van der Waals surface area contributed by atoms with Gasteiger partial charge in [0.25, 0.3) is 0 Å². The van der Waals surface area contributed by atoms with Crippen molar-refractivity contribution in [2.45, 2.75) is 12.8 Å². The van der Waals surface area contributed by atoms with Crippen LogP contribution in [-0.4, -0.2) is 54.2 Å². The average Bonchev–Trinajstić information content (AvgIpc) is 2.51. The van der Waals surface area contributed by atoms with Crippen molar-refractivity contribution in [3.05, 3.63) is 0 Å². The van der Waals surface area contributed by atoms with Crippen molar-refractivity contribution in [2.75, 3.05) is 33.2 Å². The molecule has 1 rings (SSSR count). The number of carbonyl (C=O) groups is 1. The summed E-state index contributed by atoms with van der Waals surface area (Å²) in [6, 6.07) is 0. The molecule has 1 aliphatic heterocycles. The van der Waals surface area contributed by atoms with Gasteiger partial charge in [-0.2, -0.15) is 0 Å². The number of carboxylic acid groups (broad SMARTS) is 1. The Morgan fingerprint density at radius 3 is 2.58 bits per heavy atom. The summed E-state index contributed by atoms with van der Waals surface area (Å²) in [5, 5.41) is 8.56. The molecule has 0 spiro atoms. The van der Waals surface area contributed by atoms with Crippen molar-refractivity contribution >= 4 is 6.09 Å². The Morgan fingerprint density at radius 1 is 1.50 bits per heavy atom. The molecule has 0 saturated carbocycles. The Morgan fingerprint density at radius 2 is 2.08 bits per heavy atom. The SMILES string of the molecule is CN(CCN1CCCC1)C(=O)O. The second-order valence-corrected chi connectivity index (χ2v) is 3.25. The molecule has 0 unspecified atom stereocenters. The van der Waals surface area contributed by atoms with Crippen molar-refractivity contribution in [3.8, 4) is 0 Å². The van der Waals surface area contributed by atoms with Crippen LogP contribution in [0, 0.1) is 0 Å². The zero-order chi connectivity index (χ0) is 8.97. The first-order chi connectivity index (χ1) is 5.70. The van der Waals surface area contributed by atoms with Gasteiger partial charge in [0.2, 0.25) is 0 Å². The van der Waals surface area contributed by atoms with E-state index in [1.807, 2.05) is 0 Å². The van der Waals surface area contributed by atoms with Gasteiger partial charge in [-0.15, -0.1) is 0 Å². The molecule has 4 heteroatoms. The molecule has 1 heterocycles. The molecule has 0 radical (unpaired) electrons. The molecule has 0 atom stereocenters. The van der Waals surface area contributed by atoms with Gasteiger partial charge in [0.1, 0.15) is 0 Å². The molecular formula is C8H16N2O2. The fourth-order valence-corrected chi connectivity index (χ4v) is 1.39. The molecule has 0 aromatic heterocycles. The number of nitrogens with zero attached hydrogens (tertiary/aromatic N) is 2. The highest BCUT2D eigenvalue weighted by molar-refractivity contribution is 5.64. The predicted octanol–water partition coefficient (Wildman–Crippen LogP) is 0.692. The number of likely N-dealkylation sites (tertiary alicyclic amines) is 1. The fraction of sp³-hybridized carbons (Fsp3) is 0.875. The molecule has 0 bridgehead atoms. The van der Waals surface area contributed by atoms with E-state index >= 15 is 0 Å². The maximum Gasteiger partial charge on any atom is 0.407 e. The largest absolute Gasteiger partial charge is 0.465 e. The molecule has 1 amide bonds. The van der Waals surface area contributed by atoms with Gasteiger partial charge in [-0.1, -0.05) is 0 Å². The maximum atomic E-state index is 10.4. The van der Waals surface area contributed by atoms with Crippen molar-refractivity contribution in [1.82, 2.24) is 9.80 Å². The van der Waals surface area contributed by atoms with Crippen molar-refractivity contribution < 1.29 is 9.90 Å². The lowest BCUT2D eigenvalue weighted by molar-refractivity contribution is 0.150. The van der Waals surface area contributed by atoms with Crippen molar-refractivity contribution in [2.24, 2.45) is 0 Å². The molecule has 12 heavy (non-hydrogen) atoms. The van der Waals surface area contributed by atoms with E-state index in [-0.39, 0.29) is 0 Å². The van der Waals surface area contributed by atoms with Crippen LogP contribution in [0.1, 0.15) is 12.8 Å². The molecule has 0 aromatic carbocycles. The van der Waals surface area contributed by atoms with E-state index in [0.29, 0.717) is 6.54 Å². The average molecular weight is 172 g/mol. The zero-order valence-electron chi connectivity index (χ0n) is 7.49. The summed E-state index contributed by atoms with van der Waals surface area (Å²) >= 11 is 0. The third-order valence-corrected chi connectivity index (χ3v) is 2.28. The summed E-state index contributed by atoms with van der Waals surface area (Å²) in [5.41, 5.74) is 0. The van der Waals surface area contributed by atoms with Crippen molar-refractivity contribution in [3.63, 3.8) is 0 Å². The Labute approximate surface area is 72.8 Å². The second kappa shape index (κ2) is 4.30. The first-order valence-corrected chi connectivity index (χ1v) is 4.36. The Bertz CT molecular complexity index is 155. The van der Waals surface area contributed by atoms with Crippen LogP contribution < -0.4 is 0 Å². The van der Waals surface area contributed by atoms with E-state index < -0.39 is 6.09 Å². The van der Waals surface area contributed by atoms with Gasteiger partial charge in [-0.25, -0.2) is 4.79 Å². The van der Waals surface area contributed by atoms with Crippen LogP contribution in [0.15, 0.2) is 0 Å². The minimum atomic E-state index is -0.839. The summed E-state index contributed by atoms with van der Waals surface area (Å²) in [6.07, 6.45) is 1.68. The zero-order valence-corrected chi connectivity index (χ0v) is 7.49. The Hall–Kier alpha value is -0.770. The highest BCUT2D eigenvalue weighted by Crippen LogP contribution is 2.06. The highest BCUT2D eigenvalue weighted by atomic mass is 16.4. The fourth-order valence-electron chi connectivity index (χ4n) is 1.39. The third kappa shape index (κ3) is 2.70. The summed E-state index contributed by atoms with van der Waals surface area (Å²) in [5.74, 6) is 0. The normalized spacial score (nSPS) is 18.1. The lowest BCUT2D eigenvalue weighted by Gasteiger charge is -2.18. The Kier molecular flexibility index (Phi) is 3.34. The van der Waals surface area contributed by atoms with E-state index in [1.54, 1.807) is 7.05 Å². The van der Waals surface area contributed by atoms with Crippen LogP contribution >= 0.6 is 0 Å². The topological polar surface area (TPSA) is 43.8 Å². The van der Waals surface area contributed by atoms with E-state index in [9.17, 15) is 4.79 Å². The van der Waals surface area contributed by atoms with Crippen LogP contribution in [0.2, 0.25) is 0 Å². The number of hydrogen-bond donors (Lipinski definition) is 1. The summed E-state index contributed by atoms with van der Waals surface area (Å²) in [7, 11) is 1.61. The Balaban J connectivity index is 2.11. The van der Waals surface area contributed by atoms with Crippen LogP contribution in [0.3, 0.4) is 0 Å². The standard InChI is InChI=1S/C8H16N2O2/c1-9(8(11)12)6-7-10-4-2-3-5-10/h2-7H2,1H3,(H,11,12). The summed E-state index contributed by atoms with van der Waals surface area (Å²) in [4.78, 5) is 14.0. The van der Waals surface area contributed by atoms with E-state index in [1.165, 1.54) is 17.7 Å². The number of rotatable bonds is 3. The molecule has 70 valence electrons. The van der Waals surface area contributed by atoms with E-state index in [0.717, 1.165) is 19.6 Å². The van der Waals surface area contributed by atoms with Crippen LogP contribution in [0.4, 0.5) is 4.79 Å². The van der Waals surface area contributed by atoms with Crippen LogP contribution in [-0.2, 0) is 0 Å². The molecule has 4 nitrogen and oxygen atoms in total.